The maximum absolute atomic E-state index is 7.18. The third kappa shape index (κ3) is 4.21. The third-order valence-corrected chi connectivity index (χ3v) is 15.1. The number of hydrogen-bond donors (Lipinski definition) is 0. The number of thiophene rings is 1. The van der Waals surface area contributed by atoms with Gasteiger partial charge in [-0.2, -0.15) is 0 Å². The molecule has 50 heavy (non-hydrogen) atoms. The van der Waals surface area contributed by atoms with Gasteiger partial charge in [0.25, 0.3) is 6.71 Å². The van der Waals surface area contributed by atoms with Crippen molar-refractivity contribution in [2.24, 2.45) is 17.8 Å². The predicted molar refractivity (Wildman–Crippen MR) is 212 cm³/mol. The van der Waals surface area contributed by atoms with Gasteiger partial charge in [0.15, 0.2) is 0 Å². The third-order valence-electron chi connectivity index (χ3n) is 13.9. The van der Waals surface area contributed by atoms with E-state index in [-0.39, 0.29) is 23.0 Å². The van der Waals surface area contributed by atoms with Crippen LogP contribution in [0.25, 0.3) is 10.1 Å². The smallest absolute Gasteiger partial charge is 0.268 e. The van der Waals surface area contributed by atoms with E-state index in [1.165, 1.54) is 116 Å². The maximum Gasteiger partial charge on any atom is 0.268 e. The van der Waals surface area contributed by atoms with E-state index in [1.807, 2.05) is 11.3 Å². The van der Waals surface area contributed by atoms with Crippen molar-refractivity contribution in [3.63, 3.8) is 0 Å². The van der Waals surface area contributed by atoms with Crippen LogP contribution in [-0.4, -0.2) is 6.71 Å². The minimum Gasteiger partial charge on any atom is -0.458 e. The van der Waals surface area contributed by atoms with Crippen LogP contribution in [0.1, 0.15) is 108 Å². The van der Waals surface area contributed by atoms with Gasteiger partial charge in [0.2, 0.25) is 0 Å². The zero-order chi connectivity index (χ0) is 33.9. The Morgan fingerprint density at radius 1 is 0.720 bits per heavy atom. The van der Waals surface area contributed by atoms with Crippen molar-refractivity contribution in [3.05, 3.63) is 94.5 Å². The molecule has 7 aliphatic rings. The minimum atomic E-state index is 0.0706. The fourth-order valence-electron chi connectivity index (χ4n) is 11.5. The number of nitrogens with zero attached hydrogens (tertiary/aromatic N) is 1. The van der Waals surface area contributed by atoms with Crippen LogP contribution in [-0.2, 0) is 29.1 Å². The quantitative estimate of drug-likeness (QED) is 0.169. The lowest BCUT2D eigenvalue weighted by Gasteiger charge is -2.57. The Balaban J connectivity index is 1.21. The molecule has 5 aliphatic carbocycles. The van der Waals surface area contributed by atoms with Gasteiger partial charge in [0.1, 0.15) is 11.5 Å². The number of rotatable bonds is 2. The van der Waals surface area contributed by atoms with Gasteiger partial charge in [-0.15, -0.1) is 11.3 Å². The number of ether oxygens (including phenoxy) is 1. The van der Waals surface area contributed by atoms with Gasteiger partial charge >= 0.3 is 0 Å². The molecule has 2 nitrogen and oxygen atoms in total. The molecular weight excluding hydrogens is 625 g/mol. The molecule has 4 fully saturated rings. The highest BCUT2D eigenvalue weighted by molar-refractivity contribution is 7.33. The Labute approximate surface area is 302 Å². The molecule has 0 atom stereocenters. The summed E-state index contributed by atoms with van der Waals surface area (Å²) in [5.41, 5.74) is 14.5. The van der Waals surface area contributed by atoms with Gasteiger partial charge in [-0.3, -0.25) is 0 Å². The van der Waals surface area contributed by atoms with E-state index in [1.54, 1.807) is 5.56 Å². The van der Waals surface area contributed by atoms with Crippen LogP contribution in [0, 0.1) is 17.8 Å². The molecule has 0 N–H and O–H groups in total. The van der Waals surface area contributed by atoms with Crippen LogP contribution in [0.4, 0.5) is 17.1 Å². The highest BCUT2D eigenvalue weighted by Crippen LogP contribution is 2.62. The molecule has 2 aliphatic heterocycles. The standard InChI is InChI=1S/C46H48BNOS/c1-44(2,3)31-9-12-34(13-10-31)48-37-21-33(46-23-26-15-27(24-46)17-28(16-26)25-46)22-39-41(37)47(36-18-29-7-8-30(29)19-38(36)49-39)43-42(48)35-20-32(45(4,5)6)11-14-40(35)50-43/h9-14,18-22,26-28H,7-8,15-17,23-25H2,1-6H3. The van der Waals surface area contributed by atoms with E-state index >= 15 is 0 Å². The molecule has 12 rings (SSSR count). The molecule has 0 spiro atoms. The summed E-state index contributed by atoms with van der Waals surface area (Å²) in [6.07, 6.45) is 10.8. The SMILES string of the molecule is CC(C)(C)c1ccc(N2c3cc(C45CC6CC(CC(C6)C4)C5)cc4c3B(c3cc5c(cc3O4)CC5)c3sc4ccc(C(C)(C)C)cc4c32)cc1. The number of anilines is 3. The largest absolute Gasteiger partial charge is 0.458 e. The Hall–Kier alpha value is -3.50. The van der Waals surface area contributed by atoms with Crippen molar-refractivity contribution >= 4 is 60.9 Å². The lowest BCUT2D eigenvalue weighted by atomic mass is 9.36. The van der Waals surface area contributed by atoms with Gasteiger partial charge < -0.3 is 9.64 Å². The van der Waals surface area contributed by atoms with Crippen molar-refractivity contribution < 1.29 is 4.74 Å². The second kappa shape index (κ2) is 9.88. The van der Waals surface area contributed by atoms with Crippen LogP contribution < -0.4 is 25.3 Å². The Morgan fingerprint density at radius 3 is 2.00 bits per heavy atom. The number of hydrogen-bond acceptors (Lipinski definition) is 3. The highest BCUT2D eigenvalue weighted by atomic mass is 32.1. The second-order valence-corrected chi connectivity index (χ2v) is 20.3. The predicted octanol–water partition coefficient (Wildman–Crippen LogP) is 10.5. The van der Waals surface area contributed by atoms with Crippen LogP contribution in [0.2, 0.25) is 0 Å². The summed E-state index contributed by atoms with van der Waals surface area (Å²) >= 11 is 2.01. The fraction of sp³-hybridized carbons (Fsp3) is 0.435. The molecule has 0 unspecified atom stereocenters. The zero-order valence-corrected chi connectivity index (χ0v) is 31.4. The molecule has 4 heteroatoms. The Morgan fingerprint density at radius 2 is 1.36 bits per heavy atom. The van der Waals surface area contributed by atoms with Gasteiger partial charge in [0, 0.05) is 26.2 Å². The van der Waals surface area contributed by atoms with Gasteiger partial charge in [0.05, 0.1) is 5.69 Å². The lowest BCUT2D eigenvalue weighted by molar-refractivity contribution is -0.00522. The molecular formula is C46H48BNOS. The Kier molecular flexibility index (Phi) is 5.96. The first kappa shape index (κ1) is 30.2. The molecule has 1 aromatic heterocycles. The summed E-state index contributed by atoms with van der Waals surface area (Å²) in [7, 11) is 0. The van der Waals surface area contributed by atoms with E-state index in [0.29, 0.717) is 0 Å². The monoisotopic (exact) mass is 673 g/mol. The molecule has 3 heterocycles. The van der Waals surface area contributed by atoms with Crippen molar-refractivity contribution in [3.8, 4) is 11.5 Å². The van der Waals surface area contributed by atoms with Crippen molar-refractivity contribution in [1.29, 1.82) is 0 Å². The van der Waals surface area contributed by atoms with Crippen LogP contribution >= 0.6 is 11.3 Å². The minimum absolute atomic E-state index is 0.0706. The second-order valence-electron chi connectivity index (χ2n) is 19.2. The topological polar surface area (TPSA) is 12.5 Å². The average Bonchev–Trinajstić information content (AvgIpc) is 3.43. The Bertz CT molecular complexity index is 2230. The fourth-order valence-corrected chi connectivity index (χ4v) is 12.8. The normalized spacial score (nSPS) is 25.5. The molecule has 0 amide bonds. The van der Waals surface area contributed by atoms with E-state index in [2.05, 4.69) is 113 Å². The average molecular weight is 674 g/mol. The summed E-state index contributed by atoms with van der Waals surface area (Å²) in [6.45, 7) is 14.2. The molecule has 4 saturated carbocycles. The molecule has 4 aromatic carbocycles. The molecule has 0 radical (unpaired) electrons. The summed E-state index contributed by atoms with van der Waals surface area (Å²) in [5, 5.41) is 1.39. The van der Waals surface area contributed by atoms with E-state index in [4.69, 9.17) is 4.74 Å². The van der Waals surface area contributed by atoms with E-state index in [9.17, 15) is 0 Å². The lowest BCUT2D eigenvalue weighted by Crippen LogP contribution is -2.59. The number of benzene rings is 4. The molecule has 5 aromatic rings. The van der Waals surface area contributed by atoms with E-state index in [0.717, 1.165) is 29.3 Å². The summed E-state index contributed by atoms with van der Waals surface area (Å²) in [5.74, 6) is 4.89. The highest BCUT2D eigenvalue weighted by Gasteiger charge is 2.53. The summed E-state index contributed by atoms with van der Waals surface area (Å²) in [6, 6.07) is 27.0. The molecule has 4 bridgehead atoms. The first-order chi connectivity index (χ1) is 23.9. The van der Waals surface area contributed by atoms with Gasteiger partial charge in [-0.25, -0.2) is 0 Å². The van der Waals surface area contributed by atoms with Crippen LogP contribution in [0.5, 0.6) is 11.5 Å². The summed E-state index contributed by atoms with van der Waals surface area (Å²) in [4.78, 5) is 2.67. The number of fused-ring (bicyclic) bond motifs is 7. The van der Waals surface area contributed by atoms with E-state index < -0.39 is 0 Å². The van der Waals surface area contributed by atoms with Crippen LogP contribution in [0.3, 0.4) is 0 Å². The van der Waals surface area contributed by atoms with Gasteiger partial charge in [-0.1, -0.05) is 65.8 Å². The first-order valence-electron chi connectivity index (χ1n) is 19.4. The van der Waals surface area contributed by atoms with Crippen LogP contribution in [0.15, 0.2) is 66.7 Å². The van der Waals surface area contributed by atoms with Crippen molar-refractivity contribution in [2.45, 2.75) is 109 Å². The van der Waals surface area contributed by atoms with Gasteiger partial charge in [-0.05, 0) is 167 Å². The van der Waals surface area contributed by atoms with Crippen molar-refractivity contribution in [1.82, 2.24) is 0 Å². The summed E-state index contributed by atoms with van der Waals surface area (Å²) < 4.78 is 10.0. The van der Waals surface area contributed by atoms with Crippen molar-refractivity contribution in [2.75, 3.05) is 4.90 Å². The molecule has 252 valence electrons. The molecule has 0 saturated heterocycles. The number of aryl methyl sites for hydroxylation is 2. The first-order valence-corrected chi connectivity index (χ1v) is 20.2. The maximum atomic E-state index is 7.18. The zero-order valence-electron chi connectivity index (χ0n) is 30.6.